The van der Waals surface area contributed by atoms with Gasteiger partial charge in [-0.2, -0.15) is 0 Å². The van der Waals surface area contributed by atoms with Crippen molar-refractivity contribution in [2.75, 3.05) is 33.4 Å². The van der Waals surface area contributed by atoms with Crippen LogP contribution in [0.25, 0.3) is 10.2 Å². The van der Waals surface area contributed by atoms with Crippen molar-refractivity contribution < 1.29 is 14.6 Å². The Morgan fingerprint density at radius 1 is 1.41 bits per heavy atom. The van der Waals surface area contributed by atoms with Crippen molar-refractivity contribution in [1.29, 1.82) is 0 Å². The second-order valence-corrected chi connectivity index (χ2v) is 9.39. The van der Waals surface area contributed by atoms with Gasteiger partial charge in [0.25, 0.3) is 5.56 Å². The average Bonchev–Trinajstić information content (AvgIpc) is 3.02. The Kier molecular flexibility index (Phi) is 7.81. The van der Waals surface area contributed by atoms with Crippen LogP contribution in [0.2, 0.25) is 0 Å². The van der Waals surface area contributed by atoms with Crippen molar-refractivity contribution in [3.63, 3.8) is 0 Å². The standard InChI is InChI=1S/C21H33N3O4S/c1-13(2)28-12-15(25)10-24(7-8-27-4)11-18-22-20(26)19-16-6-5-14(3)9-17(16)29-21(19)23-18/h13-15,25H,5-12H2,1-4H3,(H,22,23,26)/t14-,15-/m0/s1. The molecule has 0 aromatic carbocycles. The van der Waals surface area contributed by atoms with Crippen LogP contribution in [-0.4, -0.2) is 65.6 Å². The summed E-state index contributed by atoms with van der Waals surface area (Å²) in [6.07, 6.45) is 2.59. The van der Waals surface area contributed by atoms with E-state index in [1.807, 2.05) is 18.7 Å². The van der Waals surface area contributed by atoms with E-state index in [0.717, 1.165) is 29.5 Å². The lowest BCUT2D eigenvalue weighted by molar-refractivity contribution is -0.0124. The van der Waals surface area contributed by atoms with Crippen LogP contribution in [0.15, 0.2) is 4.79 Å². The maximum atomic E-state index is 12.8. The number of ether oxygens (including phenoxy) is 2. The summed E-state index contributed by atoms with van der Waals surface area (Å²) < 4.78 is 10.7. The lowest BCUT2D eigenvalue weighted by atomic mass is 9.89. The van der Waals surface area contributed by atoms with Gasteiger partial charge in [-0.1, -0.05) is 6.92 Å². The maximum Gasteiger partial charge on any atom is 0.259 e. The molecule has 2 aromatic heterocycles. The highest BCUT2D eigenvalue weighted by molar-refractivity contribution is 7.18. The predicted octanol–water partition coefficient (Wildman–Crippen LogP) is 2.34. The molecule has 2 N–H and O–H groups in total. The molecular weight excluding hydrogens is 390 g/mol. The van der Waals surface area contributed by atoms with Crippen molar-refractivity contribution in [2.24, 2.45) is 5.92 Å². The first-order valence-electron chi connectivity index (χ1n) is 10.4. The third-order valence-corrected chi connectivity index (χ3v) is 6.44. The molecule has 0 radical (unpaired) electrons. The molecule has 162 valence electrons. The number of thiophene rings is 1. The van der Waals surface area contributed by atoms with E-state index in [1.54, 1.807) is 18.4 Å². The van der Waals surface area contributed by atoms with E-state index < -0.39 is 6.10 Å². The Morgan fingerprint density at radius 2 is 2.21 bits per heavy atom. The average molecular weight is 424 g/mol. The number of H-pyrrole nitrogens is 1. The fraction of sp³-hybridized carbons (Fsp3) is 0.714. The van der Waals surface area contributed by atoms with Crippen molar-refractivity contribution >= 4 is 21.6 Å². The van der Waals surface area contributed by atoms with E-state index in [4.69, 9.17) is 14.5 Å². The summed E-state index contributed by atoms with van der Waals surface area (Å²) >= 11 is 1.66. The van der Waals surface area contributed by atoms with E-state index in [9.17, 15) is 9.90 Å². The highest BCUT2D eigenvalue weighted by Crippen LogP contribution is 2.35. The van der Waals surface area contributed by atoms with Crippen molar-refractivity contribution in [3.8, 4) is 0 Å². The molecule has 0 bridgehead atoms. The first-order valence-corrected chi connectivity index (χ1v) is 11.2. The largest absolute Gasteiger partial charge is 0.389 e. The van der Waals surface area contributed by atoms with Gasteiger partial charge in [0.05, 0.1) is 37.4 Å². The molecule has 0 fully saturated rings. The lowest BCUT2D eigenvalue weighted by Gasteiger charge is -2.24. The second-order valence-electron chi connectivity index (χ2n) is 8.31. The normalized spacial score (nSPS) is 18.0. The number of fused-ring (bicyclic) bond motifs is 3. The molecule has 2 aromatic rings. The highest BCUT2D eigenvalue weighted by Gasteiger charge is 2.23. The van der Waals surface area contributed by atoms with Crippen LogP contribution in [-0.2, 0) is 28.9 Å². The van der Waals surface area contributed by atoms with Crippen LogP contribution in [0.4, 0.5) is 0 Å². The van der Waals surface area contributed by atoms with Crippen LogP contribution in [0, 0.1) is 5.92 Å². The van der Waals surface area contributed by atoms with Gasteiger partial charge in [-0.25, -0.2) is 4.98 Å². The van der Waals surface area contributed by atoms with Gasteiger partial charge in [0.2, 0.25) is 0 Å². The van der Waals surface area contributed by atoms with Gasteiger partial charge >= 0.3 is 0 Å². The number of hydrogen-bond acceptors (Lipinski definition) is 7. The van der Waals surface area contributed by atoms with E-state index in [2.05, 4.69) is 11.9 Å². The summed E-state index contributed by atoms with van der Waals surface area (Å²) in [6, 6.07) is 0. The summed E-state index contributed by atoms with van der Waals surface area (Å²) in [7, 11) is 1.65. The van der Waals surface area contributed by atoms with Gasteiger partial charge in [-0.15, -0.1) is 11.3 Å². The zero-order valence-electron chi connectivity index (χ0n) is 17.9. The summed E-state index contributed by atoms with van der Waals surface area (Å²) in [5.41, 5.74) is 1.15. The minimum Gasteiger partial charge on any atom is -0.389 e. The van der Waals surface area contributed by atoms with E-state index in [1.165, 1.54) is 10.4 Å². The van der Waals surface area contributed by atoms with Gasteiger partial charge in [-0.3, -0.25) is 9.69 Å². The number of methoxy groups -OCH3 is 1. The summed E-state index contributed by atoms with van der Waals surface area (Å²) in [5, 5.41) is 11.1. The smallest absolute Gasteiger partial charge is 0.259 e. The zero-order valence-corrected chi connectivity index (χ0v) is 18.7. The molecule has 0 saturated carbocycles. The van der Waals surface area contributed by atoms with E-state index >= 15 is 0 Å². The number of aromatic nitrogens is 2. The molecule has 0 saturated heterocycles. The first kappa shape index (κ1) is 22.4. The van der Waals surface area contributed by atoms with Gasteiger partial charge in [-0.05, 0) is 44.6 Å². The van der Waals surface area contributed by atoms with Gasteiger partial charge in [0, 0.05) is 25.1 Å². The molecular formula is C21H33N3O4S. The first-order chi connectivity index (χ1) is 13.9. The number of nitrogens with zero attached hydrogens (tertiary/aromatic N) is 2. The topological polar surface area (TPSA) is 87.7 Å². The maximum absolute atomic E-state index is 12.8. The van der Waals surface area contributed by atoms with Crippen molar-refractivity contribution in [1.82, 2.24) is 14.9 Å². The van der Waals surface area contributed by atoms with Crippen LogP contribution in [0.1, 0.15) is 43.5 Å². The van der Waals surface area contributed by atoms with Gasteiger partial charge in [0.15, 0.2) is 0 Å². The molecule has 2 heterocycles. The van der Waals surface area contributed by atoms with Crippen LogP contribution in [0.3, 0.4) is 0 Å². The number of aromatic amines is 1. The molecule has 1 aliphatic rings. The van der Waals surface area contributed by atoms with E-state index in [0.29, 0.717) is 38.0 Å². The molecule has 7 nitrogen and oxygen atoms in total. The number of aryl methyl sites for hydroxylation is 1. The summed E-state index contributed by atoms with van der Waals surface area (Å²) in [6.45, 7) is 8.48. The van der Waals surface area contributed by atoms with Crippen molar-refractivity contribution in [2.45, 2.75) is 58.8 Å². The quantitative estimate of drug-likeness (QED) is 0.610. The summed E-state index contributed by atoms with van der Waals surface area (Å²) in [4.78, 5) is 24.7. The molecule has 0 unspecified atom stereocenters. The Bertz CT molecular complexity index is 863. The number of nitrogens with one attached hydrogen (secondary N) is 1. The lowest BCUT2D eigenvalue weighted by Crippen LogP contribution is -2.37. The van der Waals surface area contributed by atoms with Crippen molar-refractivity contribution in [3.05, 3.63) is 26.6 Å². The fourth-order valence-corrected chi connectivity index (χ4v) is 5.19. The number of aliphatic hydroxyl groups is 1. The number of aliphatic hydroxyl groups excluding tert-OH is 1. The number of hydrogen-bond donors (Lipinski definition) is 2. The molecule has 8 heteroatoms. The molecule has 3 rings (SSSR count). The molecule has 0 aliphatic heterocycles. The highest BCUT2D eigenvalue weighted by atomic mass is 32.1. The summed E-state index contributed by atoms with van der Waals surface area (Å²) in [5.74, 6) is 1.29. The SMILES string of the molecule is COCCN(Cc1nc2sc3c(c2c(=O)[nH]1)CC[C@H](C)C3)C[C@H](O)COC(C)C. The van der Waals surface area contributed by atoms with Crippen LogP contribution >= 0.6 is 11.3 Å². The van der Waals surface area contributed by atoms with Crippen LogP contribution < -0.4 is 5.56 Å². The minimum atomic E-state index is -0.611. The fourth-order valence-electron chi connectivity index (χ4n) is 3.79. The molecule has 2 atom stereocenters. The monoisotopic (exact) mass is 423 g/mol. The Morgan fingerprint density at radius 3 is 2.93 bits per heavy atom. The Labute approximate surface area is 176 Å². The zero-order chi connectivity index (χ0) is 21.0. The third-order valence-electron chi connectivity index (χ3n) is 5.29. The molecule has 0 amide bonds. The third kappa shape index (κ3) is 5.86. The second kappa shape index (κ2) is 10.1. The molecule has 0 spiro atoms. The minimum absolute atomic E-state index is 0.0487. The Hall–Kier alpha value is -1.32. The molecule has 29 heavy (non-hydrogen) atoms. The predicted molar refractivity (Wildman–Crippen MR) is 116 cm³/mol. The van der Waals surface area contributed by atoms with Gasteiger partial charge in [0.1, 0.15) is 10.7 Å². The van der Waals surface area contributed by atoms with E-state index in [-0.39, 0.29) is 18.3 Å². The molecule has 1 aliphatic carbocycles. The number of rotatable bonds is 10. The van der Waals surface area contributed by atoms with Gasteiger partial charge < -0.3 is 19.6 Å². The van der Waals surface area contributed by atoms with Crippen LogP contribution in [0.5, 0.6) is 0 Å². The Balaban J connectivity index is 1.77.